The molecule has 0 amide bonds. The molecule has 96 valence electrons. The quantitative estimate of drug-likeness (QED) is 0.656. The van der Waals surface area contributed by atoms with Crippen LogP contribution in [0.25, 0.3) is 0 Å². The molecule has 3 fully saturated rings. The highest BCUT2D eigenvalue weighted by Gasteiger charge is 2.44. The lowest BCUT2D eigenvalue weighted by molar-refractivity contribution is -0.131. The highest BCUT2D eigenvalue weighted by atomic mass is 16.1. The molecule has 1 atom stereocenters. The third kappa shape index (κ3) is 2.81. The fourth-order valence-electron chi connectivity index (χ4n) is 3.76. The molecule has 3 rings (SSSR count). The van der Waals surface area contributed by atoms with Gasteiger partial charge in [-0.25, -0.2) is 0 Å². The van der Waals surface area contributed by atoms with Crippen molar-refractivity contribution in [3.63, 3.8) is 0 Å². The number of hydrogen-bond donors (Lipinski definition) is 0. The van der Waals surface area contributed by atoms with Gasteiger partial charge >= 0.3 is 0 Å². The van der Waals surface area contributed by atoms with Crippen LogP contribution in [0.2, 0.25) is 0 Å². The molecule has 0 heterocycles. The summed E-state index contributed by atoms with van der Waals surface area (Å²) >= 11 is 0. The van der Waals surface area contributed by atoms with E-state index < -0.39 is 0 Å². The van der Waals surface area contributed by atoms with Gasteiger partial charge in [-0.1, -0.05) is 18.6 Å². The average molecular weight is 234 g/mol. The van der Waals surface area contributed by atoms with Crippen molar-refractivity contribution >= 4 is 5.78 Å². The van der Waals surface area contributed by atoms with E-state index in [0.29, 0.717) is 11.7 Å². The predicted octanol–water partition coefficient (Wildman–Crippen LogP) is 4.52. The lowest BCUT2D eigenvalue weighted by atomic mass is 9.75. The van der Waals surface area contributed by atoms with E-state index in [1.54, 1.807) is 0 Å². The second-order valence-corrected chi connectivity index (χ2v) is 6.67. The Balaban J connectivity index is 2.07. The Hall–Kier alpha value is -0.590. The zero-order valence-corrected chi connectivity index (χ0v) is 11.6. The van der Waals surface area contributed by atoms with Gasteiger partial charge in [0.05, 0.1) is 0 Å². The van der Waals surface area contributed by atoms with Crippen molar-refractivity contribution in [2.75, 3.05) is 0 Å². The molecule has 1 nitrogen and oxygen atoms in total. The molecule has 17 heavy (non-hydrogen) atoms. The Labute approximate surface area is 106 Å². The Kier molecular flexibility index (Phi) is 3.75. The van der Waals surface area contributed by atoms with Gasteiger partial charge in [0.1, 0.15) is 5.78 Å². The summed E-state index contributed by atoms with van der Waals surface area (Å²) in [4.78, 5) is 12.6. The maximum atomic E-state index is 12.6. The van der Waals surface area contributed by atoms with E-state index in [-0.39, 0.29) is 5.41 Å². The van der Waals surface area contributed by atoms with Crippen LogP contribution in [0.5, 0.6) is 0 Å². The molecule has 0 spiro atoms. The molecule has 0 aromatic rings. The molecule has 0 aliphatic heterocycles. The lowest BCUT2D eigenvalue weighted by Crippen LogP contribution is -2.31. The Morgan fingerprint density at radius 1 is 1.29 bits per heavy atom. The number of ketones is 1. The fraction of sp³-hybridized carbons (Fsp3) is 0.812. The second kappa shape index (κ2) is 4.96. The van der Waals surface area contributed by atoms with Crippen molar-refractivity contribution in [3.05, 3.63) is 11.6 Å². The first-order valence-corrected chi connectivity index (χ1v) is 7.19. The second-order valence-electron chi connectivity index (χ2n) is 6.67. The molecule has 3 aliphatic rings. The summed E-state index contributed by atoms with van der Waals surface area (Å²) in [6.07, 6.45) is 10.5. The molecule has 3 aliphatic carbocycles. The van der Waals surface area contributed by atoms with E-state index in [1.807, 2.05) is 0 Å². The van der Waals surface area contributed by atoms with E-state index in [4.69, 9.17) is 0 Å². The summed E-state index contributed by atoms with van der Waals surface area (Å²) in [6.45, 7) is 6.51. The van der Waals surface area contributed by atoms with Crippen LogP contribution in [0.1, 0.15) is 65.7 Å². The highest BCUT2D eigenvalue weighted by molar-refractivity contribution is 5.87. The monoisotopic (exact) mass is 234 g/mol. The van der Waals surface area contributed by atoms with Crippen LogP contribution in [0.4, 0.5) is 0 Å². The van der Waals surface area contributed by atoms with Crippen molar-refractivity contribution in [2.24, 2.45) is 17.3 Å². The number of carbonyl (C=O) groups excluding carboxylic acids is 1. The molecular formula is C16H26O. The first kappa shape index (κ1) is 12.9. The van der Waals surface area contributed by atoms with Gasteiger partial charge in [0.2, 0.25) is 0 Å². The number of fused-ring (bicyclic) bond motifs is 4. The summed E-state index contributed by atoms with van der Waals surface area (Å²) < 4.78 is 0. The van der Waals surface area contributed by atoms with Crippen LogP contribution in [-0.4, -0.2) is 5.78 Å². The Morgan fingerprint density at radius 3 is 2.53 bits per heavy atom. The molecule has 3 saturated carbocycles. The third-order valence-electron chi connectivity index (χ3n) is 4.80. The van der Waals surface area contributed by atoms with Gasteiger partial charge in [0.25, 0.3) is 0 Å². The van der Waals surface area contributed by atoms with E-state index >= 15 is 0 Å². The smallest absolute Gasteiger partial charge is 0.141 e. The maximum Gasteiger partial charge on any atom is 0.141 e. The minimum atomic E-state index is -0.0196. The van der Waals surface area contributed by atoms with E-state index in [9.17, 15) is 4.79 Å². The standard InChI is InChI=1S/C16H26O/c1-12(2)5-4-10-16(3)11-13-6-8-14(9-7-13)15(16)17/h5,13-14H,4,6-11H2,1-3H3. The first-order chi connectivity index (χ1) is 8.01. The molecule has 0 radical (unpaired) electrons. The van der Waals surface area contributed by atoms with E-state index in [2.05, 4.69) is 26.8 Å². The van der Waals surface area contributed by atoms with Gasteiger partial charge in [-0.2, -0.15) is 0 Å². The number of allylic oxidation sites excluding steroid dienone is 2. The molecule has 1 unspecified atom stereocenters. The van der Waals surface area contributed by atoms with Crippen LogP contribution in [0, 0.1) is 17.3 Å². The Morgan fingerprint density at radius 2 is 1.94 bits per heavy atom. The van der Waals surface area contributed by atoms with Gasteiger partial charge in [-0.05, 0) is 64.7 Å². The zero-order chi connectivity index (χ0) is 12.5. The third-order valence-corrected chi connectivity index (χ3v) is 4.80. The van der Waals surface area contributed by atoms with Crippen LogP contribution >= 0.6 is 0 Å². The summed E-state index contributed by atoms with van der Waals surface area (Å²) in [6, 6.07) is 0. The van der Waals surface area contributed by atoms with Crippen molar-refractivity contribution < 1.29 is 4.79 Å². The molecule has 2 bridgehead atoms. The van der Waals surface area contributed by atoms with E-state index in [1.165, 1.54) is 31.3 Å². The van der Waals surface area contributed by atoms with Gasteiger partial charge in [-0.15, -0.1) is 0 Å². The number of rotatable bonds is 3. The van der Waals surface area contributed by atoms with Crippen LogP contribution in [0.15, 0.2) is 11.6 Å². The molecule has 0 aromatic heterocycles. The number of Topliss-reactive ketones (excluding diaryl/α,β-unsaturated/α-hetero) is 1. The van der Waals surface area contributed by atoms with Crippen LogP contribution in [-0.2, 0) is 4.79 Å². The fourth-order valence-corrected chi connectivity index (χ4v) is 3.76. The molecule has 0 N–H and O–H groups in total. The number of carbonyl (C=O) groups is 1. The SMILES string of the molecule is CC(C)=CCCC1(C)CC2CCC(CC2)C1=O. The summed E-state index contributed by atoms with van der Waals surface area (Å²) in [5.41, 5.74) is 1.35. The summed E-state index contributed by atoms with van der Waals surface area (Å²) in [5, 5.41) is 0. The van der Waals surface area contributed by atoms with Crippen molar-refractivity contribution in [1.29, 1.82) is 0 Å². The van der Waals surface area contributed by atoms with Gasteiger partial charge in [0.15, 0.2) is 0 Å². The minimum absolute atomic E-state index is 0.0196. The van der Waals surface area contributed by atoms with Crippen LogP contribution in [0.3, 0.4) is 0 Å². The van der Waals surface area contributed by atoms with Gasteiger partial charge in [0, 0.05) is 11.3 Å². The normalized spacial score (nSPS) is 36.8. The first-order valence-electron chi connectivity index (χ1n) is 7.19. The molecule has 0 saturated heterocycles. The summed E-state index contributed by atoms with van der Waals surface area (Å²) in [7, 11) is 0. The highest BCUT2D eigenvalue weighted by Crippen LogP contribution is 2.47. The molecule has 0 aromatic carbocycles. The van der Waals surface area contributed by atoms with Gasteiger partial charge < -0.3 is 0 Å². The van der Waals surface area contributed by atoms with Gasteiger partial charge in [-0.3, -0.25) is 4.79 Å². The maximum absolute atomic E-state index is 12.6. The largest absolute Gasteiger partial charge is 0.299 e. The predicted molar refractivity (Wildman–Crippen MR) is 71.8 cm³/mol. The van der Waals surface area contributed by atoms with Crippen molar-refractivity contribution in [3.8, 4) is 0 Å². The zero-order valence-electron chi connectivity index (χ0n) is 11.6. The van der Waals surface area contributed by atoms with Crippen molar-refractivity contribution in [1.82, 2.24) is 0 Å². The number of hydrogen-bond acceptors (Lipinski definition) is 1. The van der Waals surface area contributed by atoms with Crippen molar-refractivity contribution in [2.45, 2.75) is 65.7 Å². The molecule has 1 heteroatoms. The van der Waals surface area contributed by atoms with Crippen LogP contribution < -0.4 is 0 Å². The molecular weight excluding hydrogens is 208 g/mol. The summed E-state index contributed by atoms with van der Waals surface area (Å²) in [5.74, 6) is 1.81. The minimum Gasteiger partial charge on any atom is -0.299 e. The topological polar surface area (TPSA) is 17.1 Å². The lowest BCUT2D eigenvalue weighted by Gasteiger charge is -2.28. The van der Waals surface area contributed by atoms with E-state index in [0.717, 1.165) is 25.2 Å². The average Bonchev–Trinajstić information content (AvgIpc) is 2.45. The Bertz CT molecular complexity index is 316.